The van der Waals surface area contributed by atoms with Gasteiger partial charge in [-0.1, -0.05) is 6.07 Å². The molecule has 2 rings (SSSR count). The van der Waals surface area contributed by atoms with Gasteiger partial charge >= 0.3 is 0 Å². The first-order chi connectivity index (χ1) is 9.31. The number of sulfone groups is 1. The number of hydrogen-bond acceptors (Lipinski definition) is 4. The third-order valence-electron chi connectivity index (χ3n) is 3.95. The quantitative estimate of drug-likeness (QED) is 0.899. The molecule has 0 heterocycles. The molecule has 1 atom stereocenters. The lowest BCUT2D eigenvalue weighted by molar-refractivity contribution is 0.0174. The Morgan fingerprint density at radius 1 is 1.35 bits per heavy atom. The monoisotopic (exact) mass is 298 g/mol. The fourth-order valence-electron chi connectivity index (χ4n) is 2.82. The van der Waals surface area contributed by atoms with Gasteiger partial charge in [0.05, 0.1) is 12.7 Å². The molecule has 112 valence electrons. The Kier molecular flexibility index (Phi) is 4.39. The molecule has 0 radical (unpaired) electrons. The first kappa shape index (κ1) is 15.3. The van der Waals surface area contributed by atoms with Gasteiger partial charge in [-0.2, -0.15) is 0 Å². The van der Waals surface area contributed by atoms with Crippen LogP contribution in [-0.4, -0.2) is 38.2 Å². The molecular weight excluding hydrogens is 276 g/mol. The van der Waals surface area contributed by atoms with E-state index in [2.05, 4.69) is 0 Å². The maximum atomic E-state index is 11.2. The number of fused-ring (bicyclic) bond motifs is 1. The summed E-state index contributed by atoms with van der Waals surface area (Å²) in [4.78, 5) is 0. The number of aryl methyl sites for hydroxylation is 1. The van der Waals surface area contributed by atoms with Crippen LogP contribution >= 0.6 is 0 Å². The van der Waals surface area contributed by atoms with Crippen LogP contribution in [0.3, 0.4) is 0 Å². The van der Waals surface area contributed by atoms with Crippen molar-refractivity contribution in [2.45, 2.75) is 37.7 Å². The van der Waals surface area contributed by atoms with E-state index in [1.165, 1.54) is 11.8 Å². The molecule has 0 spiro atoms. The largest absolute Gasteiger partial charge is 0.497 e. The van der Waals surface area contributed by atoms with Crippen molar-refractivity contribution in [2.75, 3.05) is 19.1 Å². The van der Waals surface area contributed by atoms with E-state index in [0.29, 0.717) is 25.7 Å². The normalized spacial score (nSPS) is 22.4. The summed E-state index contributed by atoms with van der Waals surface area (Å²) >= 11 is 0. The molecule has 1 aromatic carbocycles. The van der Waals surface area contributed by atoms with Crippen molar-refractivity contribution < 1.29 is 18.3 Å². The zero-order chi connectivity index (χ0) is 14.8. The highest BCUT2D eigenvalue weighted by Gasteiger charge is 2.32. The average molecular weight is 298 g/mol. The Hall–Kier alpha value is -1.07. The zero-order valence-electron chi connectivity index (χ0n) is 12.1. The number of ether oxygens (including phenoxy) is 1. The predicted octanol–water partition coefficient (Wildman–Crippen LogP) is 1.74. The minimum Gasteiger partial charge on any atom is -0.497 e. The molecule has 0 aromatic heterocycles. The lowest BCUT2D eigenvalue weighted by Gasteiger charge is -2.33. The Bertz CT molecular complexity index is 580. The first-order valence-electron chi connectivity index (χ1n) is 6.87. The van der Waals surface area contributed by atoms with Crippen LogP contribution in [0.4, 0.5) is 0 Å². The molecule has 0 fully saturated rings. The maximum Gasteiger partial charge on any atom is 0.147 e. The van der Waals surface area contributed by atoms with E-state index in [0.717, 1.165) is 17.7 Å². The summed E-state index contributed by atoms with van der Waals surface area (Å²) in [6.07, 6.45) is 4.36. The predicted molar refractivity (Wildman–Crippen MR) is 78.9 cm³/mol. The van der Waals surface area contributed by atoms with Gasteiger partial charge in [0.25, 0.3) is 0 Å². The molecule has 0 saturated heterocycles. The molecule has 0 saturated carbocycles. The Labute approximate surface area is 120 Å². The number of benzene rings is 1. The van der Waals surface area contributed by atoms with Crippen LogP contribution in [0.2, 0.25) is 0 Å². The van der Waals surface area contributed by atoms with E-state index >= 15 is 0 Å². The molecule has 20 heavy (non-hydrogen) atoms. The van der Waals surface area contributed by atoms with Crippen molar-refractivity contribution in [3.05, 3.63) is 29.3 Å². The van der Waals surface area contributed by atoms with Gasteiger partial charge in [-0.15, -0.1) is 0 Å². The van der Waals surface area contributed by atoms with Gasteiger partial charge < -0.3 is 9.84 Å². The highest BCUT2D eigenvalue weighted by Crippen LogP contribution is 2.33. The highest BCUT2D eigenvalue weighted by atomic mass is 32.2. The summed E-state index contributed by atoms with van der Waals surface area (Å²) in [5.74, 6) is 0.935. The van der Waals surface area contributed by atoms with Crippen molar-refractivity contribution in [1.82, 2.24) is 0 Å². The molecule has 1 N–H and O–H groups in total. The number of rotatable bonds is 5. The van der Waals surface area contributed by atoms with Crippen molar-refractivity contribution >= 4 is 9.84 Å². The summed E-state index contributed by atoms with van der Waals surface area (Å²) in [5.41, 5.74) is 1.57. The van der Waals surface area contributed by atoms with Crippen LogP contribution in [-0.2, 0) is 22.7 Å². The van der Waals surface area contributed by atoms with E-state index in [1.807, 2.05) is 18.2 Å². The SMILES string of the molecule is COc1ccc2c(c1)CC(O)(CCCS(C)(=O)=O)CC2. The smallest absolute Gasteiger partial charge is 0.147 e. The second kappa shape index (κ2) is 5.74. The van der Waals surface area contributed by atoms with Crippen molar-refractivity contribution in [2.24, 2.45) is 0 Å². The summed E-state index contributed by atoms with van der Waals surface area (Å²) in [7, 11) is -1.33. The maximum absolute atomic E-state index is 11.2. The minimum atomic E-state index is -2.95. The molecule has 0 aliphatic heterocycles. The summed E-state index contributed by atoms with van der Waals surface area (Å²) in [6, 6.07) is 5.95. The zero-order valence-corrected chi connectivity index (χ0v) is 12.9. The molecule has 5 heteroatoms. The van der Waals surface area contributed by atoms with Crippen molar-refractivity contribution in [1.29, 1.82) is 0 Å². The second-order valence-electron chi connectivity index (χ2n) is 5.77. The van der Waals surface area contributed by atoms with Gasteiger partial charge in [-0.05, 0) is 48.9 Å². The van der Waals surface area contributed by atoms with Crippen LogP contribution in [0.1, 0.15) is 30.4 Å². The summed E-state index contributed by atoms with van der Waals surface area (Å²) in [6.45, 7) is 0. The Morgan fingerprint density at radius 3 is 2.75 bits per heavy atom. The topological polar surface area (TPSA) is 63.6 Å². The summed E-state index contributed by atoms with van der Waals surface area (Å²) < 4.78 is 27.5. The lowest BCUT2D eigenvalue weighted by Crippen LogP contribution is -2.36. The van der Waals surface area contributed by atoms with Gasteiger partial charge in [0.15, 0.2) is 0 Å². The van der Waals surface area contributed by atoms with Crippen molar-refractivity contribution in [3.63, 3.8) is 0 Å². The first-order valence-corrected chi connectivity index (χ1v) is 8.93. The molecular formula is C15H22O4S. The van der Waals surface area contributed by atoms with Crippen LogP contribution < -0.4 is 4.74 Å². The van der Waals surface area contributed by atoms with Gasteiger partial charge in [0, 0.05) is 18.4 Å². The molecule has 0 amide bonds. The van der Waals surface area contributed by atoms with Crippen LogP contribution in [0.25, 0.3) is 0 Å². The van der Waals surface area contributed by atoms with E-state index in [9.17, 15) is 13.5 Å². The van der Waals surface area contributed by atoms with E-state index in [4.69, 9.17) is 4.74 Å². The van der Waals surface area contributed by atoms with Gasteiger partial charge in [0.1, 0.15) is 15.6 Å². The van der Waals surface area contributed by atoms with Gasteiger partial charge in [-0.25, -0.2) is 8.42 Å². The lowest BCUT2D eigenvalue weighted by atomic mass is 9.78. The fraction of sp³-hybridized carbons (Fsp3) is 0.600. The summed E-state index contributed by atoms with van der Waals surface area (Å²) in [5, 5.41) is 10.6. The standard InChI is InChI=1S/C15H22O4S/c1-19-14-5-4-12-6-8-15(16,11-13(12)10-14)7-3-9-20(2,17)18/h4-5,10,16H,3,6-9,11H2,1-2H3. The Balaban J connectivity index is 2.04. The van der Waals surface area contributed by atoms with Crippen LogP contribution in [0.5, 0.6) is 5.75 Å². The number of hydrogen-bond donors (Lipinski definition) is 1. The highest BCUT2D eigenvalue weighted by molar-refractivity contribution is 7.90. The molecule has 1 aliphatic rings. The van der Waals surface area contributed by atoms with Gasteiger partial charge in [-0.3, -0.25) is 0 Å². The minimum absolute atomic E-state index is 0.139. The molecule has 0 bridgehead atoms. The molecule has 1 aliphatic carbocycles. The average Bonchev–Trinajstić information content (AvgIpc) is 2.36. The van der Waals surface area contributed by atoms with Gasteiger partial charge in [0.2, 0.25) is 0 Å². The van der Waals surface area contributed by atoms with Crippen LogP contribution in [0, 0.1) is 0 Å². The second-order valence-corrected chi connectivity index (χ2v) is 8.03. The van der Waals surface area contributed by atoms with Crippen molar-refractivity contribution in [3.8, 4) is 5.75 Å². The Morgan fingerprint density at radius 2 is 2.10 bits per heavy atom. The molecule has 1 unspecified atom stereocenters. The molecule has 4 nitrogen and oxygen atoms in total. The van der Waals surface area contributed by atoms with E-state index < -0.39 is 15.4 Å². The fourth-order valence-corrected chi connectivity index (χ4v) is 3.49. The van der Waals surface area contributed by atoms with E-state index in [-0.39, 0.29) is 5.75 Å². The van der Waals surface area contributed by atoms with E-state index in [1.54, 1.807) is 7.11 Å². The molecule has 1 aromatic rings. The third kappa shape index (κ3) is 3.96. The third-order valence-corrected chi connectivity index (χ3v) is 4.98. The van der Waals surface area contributed by atoms with Crippen LogP contribution in [0.15, 0.2) is 18.2 Å². The number of aliphatic hydroxyl groups is 1. The number of methoxy groups -OCH3 is 1.